The van der Waals surface area contributed by atoms with Crippen molar-refractivity contribution in [3.8, 4) is 0 Å². The molecule has 0 amide bonds. The summed E-state index contributed by atoms with van der Waals surface area (Å²) >= 11 is 3.25. The van der Waals surface area contributed by atoms with Gasteiger partial charge >= 0.3 is 6.18 Å². The van der Waals surface area contributed by atoms with Gasteiger partial charge in [-0.1, -0.05) is 6.92 Å². The SMILES string of the molecule is CCc1nc(CCOCC(F)(F)F)nc(N)c1Br. The highest BCUT2D eigenvalue weighted by Gasteiger charge is 2.27. The van der Waals surface area contributed by atoms with Gasteiger partial charge in [-0.05, 0) is 22.4 Å². The molecule has 0 aromatic carbocycles. The average Bonchev–Trinajstić information content (AvgIpc) is 2.27. The van der Waals surface area contributed by atoms with Gasteiger partial charge in [0.2, 0.25) is 0 Å². The number of alkyl halides is 3. The molecule has 0 bridgehead atoms. The zero-order chi connectivity index (χ0) is 13.8. The number of ether oxygens (including phenoxy) is 1. The summed E-state index contributed by atoms with van der Waals surface area (Å²) in [5.41, 5.74) is 6.38. The predicted molar refractivity (Wildman–Crippen MR) is 64.1 cm³/mol. The smallest absolute Gasteiger partial charge is 0.383 e. The van der Waals surface area contributed by atoms with Gasteiger partial charge in [0.25, 0.3) is 0 Å². The van der Waals surface area contributed by atoms with E-state index in [9.17, 15) is 13.2 Å². The first kappa shape index (κ1) is 15.2. The summed E-state index contributed by atoms with van der Waals surface area (Å²) in [6.07, 6.45) is -3.46. The number of aromatic nitrogens is 2. The molecule has 18 heavy (non-hydrogen) atoms. The molecule has 0 atom stereocenters. The summed E-state index contributed by atoms with van der Waals surface area (Å²) in [5.74, 6) is 0.669. The number of halogens is 4. The third-order valence-electron chi connectivity index (χ3n) is 2.06. The molecule has 0 saturated carbocycles. The summed E-state index contributed by atoms with van der Waals surface area (Å²) in [6, 6.07) is 0. The van der Waals surface area contributed by atoms with E-state index in [0.29, 0.717) is 16.7 Å². The largest absolute Gasteiger partial charge is 0.411 e. The number of rotatable bonds is 5. The number of nitrogen functional groups attached to an aromatic ring is 1. The van der Waals surface area contributed by atoms with E-state index < -0.39 is 12.8 Å². The first-order chi connectivity index (χ1) is 8.33. The average molecular weight is 328 g/mol. The van der Waals surface area contributed by atoms with Crippen molar-refractivity contribution >= 4 is 21.7 Å². The highest BCUT2D eigenvalue weighted by molar-refractivity contribution is 9.10. The molecule has 4 nitrogen and oxygen atoms in total. The van der Waals surface area contributed by atoms with Gasteiger partial charge < -0.3 is 10.5 Å². The van der Waals surface area contributed by atoms with Crippen molar-refractivity contribution in [1.29, 1.82) is 0 Å². The van der Waals surface area contributed by atoms with Crippen LogP contribution in [0.5, 0.6) is 0 Å². The normalized spacial score (nSPS) is 11.8. The lowest BCUT2D eigenvalue weighted by atomic mass is 10.3. The number of hydrogen-bond acceptors (Lipinski definition) is 4. The fourth-order valence-corrected chi connectivity index (χ4v) is 1.72. The lowest BCUT2D eigenvalue weighted by Crippen LogP contribution is -2.18. The standard InChI is InChI=1S/C10H13BrF3N3O/c1-2-6-8(11)9(15)17-7(16-6)3-4-18-5-10(12,13)14/h2-5H2,1H3,(H2,15,16,17). The summed E-state index contributed by atoms with van der Waals surface area (Å²) in [5, 5.41) is 0. The molecule has 0 radical (unpaired) electrons. The van der Waals surface area contributed by atoms with Crippen LogP contribution in [-0.2, 0) is 17.6 Å². The Kier molecular flexibility index (Phi) is 5.33. The van der Waals surface area contributed by atoms with Gasteiger partial charge in [0.1, 0.15) is 18.2 Å². The molecule has 0 unspecified atom stereocenters. The summed E-state index contributed by atoms with van der Waals surface area (Å²) in [6.45, 7) is 0.542. The van der Waals surface area contributed by atoms with Crippen LogP contribution < -0.4 is 5.73 Å². The highest BCUT2D eigenvalue weighted by Crippen LogP contribution is 2.21. The fourth-order valence-electron chi connectivity index (χ4n) is 1.26. The van der Waals surface area contributed by atoms with Crippen molar-refractivity contribution in [2.24, 2.45) is 0 Å². The minimum Gasteiger partial charge on any atom is -0.383 e. The second-order valence-corrected chi connectivity index (χ2v) is 4.35. The Morgan fingerprint density at radius 1 is 1.33 bits per heavy atom. The predicted octanol–water partition coefficient (Wildman–Crippen LogP) is 2.51. The van der Waals surface area contributed by atoms with Crippen molar-refractivity contribution in [3.05, 3.63) is 16.0 Å². The van der Waals surface area contributed by atoms with Gasteiger partial charge in [-0.3, -0.25) is 0 Å². The maximum atomic E-state index is 11.8. The van der Waals surface area contributed by atoms with Crippen LogP contribution >= 0.6 is 15.9 Å². The first-order valence-electron chi connectivity index (χ1n) is 5.28. The van der Waals surface area contributed by atoms with Crippen molar-refractivity contribution in [2.45, 2.75) is 25.9 Å². The Morgan fingerprint density at radius 3 is 2.56 bits per heavy atom. The van der Waals surface area contributed by atoms with Crippen LogP contribution in [0.15, 0.2) is 4.47 Å². The Labute approximate surface area is 111 Å². The number of nitrogens with zero attached hydrogens (tertiary/aromatic N) is 2. The van der Waals surface area contributed by atoms with Crippen LogP contribution in [-0.4, -0.2) is 29.4 Å². The summed E-state index contributed by atoms with van der Waals surface area (Å²) in [4.78, 5) is 8.16. The number of nitrogens with two attached hydrogens (primary N) is 1. The lowest BCUT2D eigenvalue weighted by molar-refractivity contribution is -0.173. The maximum absolute atomic E-state index is 11.8. The molecule has 1 heterocycles. The molecular weight excluding hydrogens is 315 g/mol. The number of hydrogen-bond donors (Lipinski definition) is 1. The Hall–Kier alpha value is -0.890. The molecule has 0 aliphatic carbocycles. The van der Waals surface area contributed by atoms with Gasteiger partial charge in [-0.15, -0.1) is 0 Å². The monoisotopic (exact) mass is 327 g/mol. The number of aryl methyl sites for hydroxylation is 1. The molecular formula is C10H13BrF3N3O. The van der Waals surface area contributed by atoms with Gasteiger partial charge in [-0.2, -0.15) is 13.2 Å². The van der Waals surface area contributed by atoms with E-state index in [0.717, 1.165) is 5.69 Å². The summed E-state index contributed by atoms with van der Waals surface area (Å²) in [7, 11) is 0. The third kappa shape index (κ3) is 4.77. The molecule has 0 aliphatic heterocycles. The lowest BCUT2D eigenvalue weighted by Gasteiger charge is -2.09. The Bertz CT molecular complexity index is 412. The fraction of sp³-hybridized carbons (Fsp3) is 0.600. The topological polar surface area (TPSA) is 61.0 Å². The molecule has 0 saturated heterocycles. The zero-order valence-electron chi connectivity index (χ0n) is 9.72. The molecule has 1 rings (SSSR count). The van der Waals surface area contributed by atoms with Crippen molar-refractivity contribution < 1.29 is 17.9 Å². The number of anilines is 1. The molecule has 8 heteroatoms. The van der Waals surface area contributed by atoms with E-state index in [1.807, 2.05) is 6.92 Å². The molecule has 0 spiro atoms. The van der Waals surface area contributed by atoms with E-state index in [-0.39, 0.29) is 18.8 Å². The van der Waals surface area contributed by atoms with Gasteiger partial charge in [0.15, 0.2) is 0 Å². The Balaban J connectivity index is 2.55. The van der Waals surface area contributed by atoms with Gasteiger partial charge in [0.05, 0.1) is 16.8 Å². The van der Waals surface area contributed by atoms with E-state index >= 15 is 0 Å². The molecule has 1 aromatic heterocycles. The van der Waals surface area contributed by atoms with E-state index in [2.05, 4.69) is 30.6 Å². The van der Waals surface area contributed by atoms with Crippen LogP contribution in [0.1, 0.15) is 18.4 Å². The molecule has 0 aliphatic rings. The van der Waals surface area contributed by atoms with Crippen LogP contribution in [0.2, 0.25) is 0 Å². The molecule has 0 fully saturated rings. The minimum atomic E-state index is -4.31. The highest BCUT2D eigenvalue weighted by atomic mass is 79.9. The second kappa shape index (κ2) is 6.33. The second-order valence-electron chi connectivity index (χ2n) is 3.56. The van der Waals surface area contributed by atoms with Crippen molar-refractivity contribution in [3.63, 3.8) is 0 Å². The quantitative estimate of drug-likeness (QED) is 0.844. The maximum Gasteiger partial charge on any atom is 0.411 e. The van der Waals surface area contributed by atoms with E-state index in [1.54, 1.807) is 0 Å². The van der Waals surface area contributed by atoms with Crippen LogP contribution in [0.4, 0.5) is 19.0 Å². The van der Waals surface area contributed by atoms with E-state index in [4.69, 9.17) is 5.73 Å². The van der Waals surface area contributed by atoms with Crippen molar-refractivity contribution in [1.82, 2.24) is 9.97 Å². The van der Waals surface area contributed by atoms with Gasteiger partial charge in [-0.25, -0.2) is 9.97 Å². The van der Waals surface area contributed by atoms with Crippen LogP contribution in [0.25, 0.3) is 0 Å². The van der Waals surface area contributed by atoms with Crippen LogP contribution in [0.3, 0.4) is 0 Å². The zero-order valence-corrected chi connectivity index (χ0v) is 11.3. The van der Waals surface area contributed by atoms with Crippen molar-refractivity contribution in [2.75, 3.05) is 18.9 Å². The Morgan fingerprint density at radius 2 is 2.00 bits per heavy atom. The summed E-state index contributed by atoms with van der Waals surface area (Å²) < 4.78 is 40.6. The molecule has 102 valence electrons. The molecule has 2 N–H and O–H groups in total. The van der Waals surface area contributed by atoms with Gasteiger partial charge in [0, 0.05) is 6.42 Å². The first-order valence-corrected chi connectivity index (χ1v) is 6.08. The minimum absolute atomic E-state index is 0.0935. The third-order valence-corrected chi connectivity index (χ3v) is 2.93. The molecule has 1 aromatic rings. The van der Waals surface area contributed by atoms with Crippen LogP contribution in [0, 0.1) is 0 Å². The van der Waals surface area contributed by atoms with E-state index in [1.165, 1.54) is 0 Å².